The van der Waals surface area contributed by atoms with Gasteiger partial charge in [-0.2, -0.15) is 0 Å². The predicted octanol–water partition coefficient (Wildman–Crippen LogP) is 4.42. The zero-order chi connectivity index (χ0) is 11.0. The Morgan fingerprint density at radius 2 is 2.00 bits per heavy atom. The van der Waals surface area contributed by atoms with Crippen LogP contribution in [-0.4, -0.2) is 4.98 Å². The van der Waals surface area contributed by atoms with Crippen LogP contribution in [0.4, 0.5) is 4.39 Å². The van der Waals surface area contributed by atoms with Gasteiger partial charge in [-0.1, -0.05) is 23.2 Å². The van der Waals surface area contributed by atoms with Crippen LogP contribution in [0, 0.1) is 5.82 Å². The Bertz CT molecular complexity index is 528. The lowest BCUT2D eigenvalue weighted by molar-refractivity contribution is 0.637. The van der Waals surface area contributed by atoms with Crippen LogP contribution >= 0.6 is 34.8 Å². The van der Waals surface area contributed by atoms with E-state index in [-0.39, 0.29) is 16.5 Å². The summed E-state index contributed by atoms with van der Waals surface area (Å²) < 4.78 is 13.4. The Morgan fingerprint density at radius 1 is 1.27 bits per heavy atom. The summed E-state index contributed by atoms with van der Waals surface area (Å²) in [5, 5.41) is 1.16. The molecule has 0 saturated carbocycles. The van der Waals surface area contributed by atoms with Crippen molar-refractivity contribution in [2.45, 2.75) is 5.88 Å². The summed E-state index contributed by atoms with van der Waals surface area (Å²) in [6.07, 6.45) is 0. The van der Waals surface area contributed by atoms with E-state index in [0.29, 0.717) is 16.0 Å². The van der Waals surface area contributed by atoms with Crippen molar-refractivity contribution in [1.29, 1.82) is 0 Å². The smallest absolute Gasteiger partial charge is 0.149 e. The third-order valence-electron chi connectivity index (χ3n) is 2.05. The van der Waals surface area contributed by atoms with Crippen molar-refractivity contribution in [3.8, 4) is 0 Å². The molecule has 15 heavy (non-hydrogen) atoms. The summed E-state index contributed by atoms with van der Waals surface area (Å²) in [5.74, 6) is -0.230. The molecule has 0 atom stereocenters. The fraction of sp³-hybridized carbons (Fsp3) is 0.100. The topological polar surface area (TPSA) is 12.9 Å². The molecule has 1 nitrogen and oxygen atoms in total. The molecule has 0 aliphatic rings. The van der Waals surface area contributed by atoms with E-state index in [4.69, 9.17) is 34.8 Å². The molecule has 0 amide bonds. The number of fused-ring (bicyclic) bond motifs is 1. The molecule has 0 N–H and O–H groups in total. The Balaban J connectivity index is 2.86. The summed E-state index contributed by atoms with van der Waals surface area (Å²) in [4.78, 5) is 3.93. The first-order chi connectivity index (χ1) is 7.13. The predicted molar refractivity (Wildman–Crippen MR) is 61.3 cm³/mol. The number of aromatic nitrogens is 1. The molecular formula is C10H5Cl3FN. The second-order valence-electron chi connectivity index (χ2n) is 3.00. The number of rotatable bonds is 1. The van der Waals surface area contributed by atoms with Crippen LogP contribution in [0.15, 0.2) is 18.2 Å². The number of benzene rings is 1. The van der Waals surface area contributed by atoms with Crippen LogP contribution in [0.25, 0.3) is 10.9 Å². The summed E-state index contributed by atoms with van der Waals surface area (Å²) in [7, 11) is 0. The highest BCUT2D eigenvalue weighted by Crippen LogP contribution is 2.28. The van der Waals surface area contributed by atoms with Crippen LogP contribution in [0.2, 0.25) is 10.2 Å². The van der Waals surface area contributed by atoms with Gasteiger partial charge < -0.3 is 0 Å². The molecule has 2 rings (SSSR count). The van der Waals surface area contributed by atoms with Crippen molar-refractivity contribution in [3.05, 3.63) is 39.8 Å². The Kier molecular flexibility index (Phi) is 3.01. The van der Waals surface area contributed by atoms with Gasteiger partial charge in [0.25, 0.3) is 0 Å². The molecule has 0 aliphatic heterocycles. The highest BCUT2D eigenvalue weighted by Gasteiger charge is 2.10. The average Bonchev–Trinajstić information content (AvgIpc) is 2.23. The minimum absolute atomic E-state index is 0.168. The highest BCUT2D eigenvalue weighted by molar-refractivity contribution is 6.36. The highest BCUT2D eigenvalue weighted by atomic mass is 35.5. The van der Waals surface area contributed by atoms with E-state index in [1.165, 1.54) is 12.1 Å². The van der Waals surface area contributed by atoms with Crippen molar-refractivity contribution < 1.29 is 4.39 Å². The Hall–Kier alpha value is -0.570. The van der Waals surface area contributed by atoms with E-state index in [2.05, 4.69) is 4.98 Å². The van der Waals surface area contributed by atoms with Crippen molar-refractivity contribution in [2.24, 2.45) is 0 Å². The first kappa shape index (κ1) is 10.9. The first-order valence-corrected chi connectivity index (χ1v) is 5.41. The van der Waals surface area contributed by atoms with E-state index in [9.17, 15) is 4.39 Å². The van der Waals surface area contributed by atoms with Gasteiger partial charge in [0.2, 0.25) is 0 Å². The number of alkyl halides is 1. The Morgan fingerprint density at radius 3 is 2.67 bits per heavy atom. The lowest BCUT2D eigenvalue weighted by Gasteiger charge is -2.05. The fourth-order valence-corrected chi connectivity index (χ4v) is 1.99. The van der Waals surface area contributed by atoms with Crippen molar-refractivity contribution in [1.82, 2.24) is 4.98 Å². The third kappa shape index (κ3) is 1.89. The van der Waals surface area contributed by atoms with Gasteiger partial charge in [-0.15, -0.1) is 11.6 Å². The van der Waals surface area contributed by atoms with Crippen LogP contribution in [0.1, 0.15) is 5.56 Å². The summed E-state index contributed by atoms with van der Waals surface area (Å²) in [6.45, 7) is 0. The zero-order valence-corrected chi connectivity index (χ0v) is 9.67. The van der Waals surface area contributed by atoms with Gasteiger partial charge in [0.1, 0.15) is 16.5 Å². The lowest BCUT2D eigenvalue weighted by Crippen LogP contribution is -1.90. The molecular weight excluding hydrogens is 259 g/mol. The van der Waals surface area contributed by atoms with E-state index in [1.54, 1.807) is 6.07 Å². The monoisotopic (exact) mass is 263 g/mol. The minimum atomic E-state index is -0.447. The van der Waals surface area contributed by atoms with Crippen LogP contribution in [0.3, 0.4) is 0 Å². The summed E-state index contributed by atoms with van der Waals surface area (Å²) >= 11 is 17.4. The van der Waals surface area contributed by atoms with E-state index in [1.807, 2.05) is 0 Å². The van der Waals surface area contributed by atoms with Gasteiger partial charge in [0.15, 0.2) is 0 Å². The van der Waals surface area contributed by atoms with Crippen LogP contribution < -0.4 is 0 Å². The van der Waals surface area contributed by atoms with Gasteiger partial charge in [0, 0.05) is 10.9 Å². The first-order valence-electron chi connectivity index (χ1n) is 4.12. The number of nitrogens with zero attached hydrogens (tertiary/aromatic N) is 1. The molecule has 0 unspecified atom stereocenters. The minimum Gasteiger partial charge on any atom is -0.233 e. The molecule has 5 heteroatoms. The maximum Gasteiger partial charge on any atom is 0.149 e. The van der Waals surface area contributed by atoms with Gasteiger partial charge in [-0.3, -0.25) is 0 Å². The molecule has 2 aromatic rings. The number of halogens is 4. The van der Waals surface area contributed by atoms with Crippen molar-refractivity contribution in [2.75, 3.05) is 0 Å². The fourth-order valence-electron chi connectivity index (χ4n) is 1.31. The second-order valence-corrected chi connectivity index (χ2v) is 4.03. The number of hydrogen-bond acceptors (Lipinski definition) is 1. The molecule has 0 fully saturated rings. The normalized spacial score (nSPS) is 10.9. The molecule has 78 valence electrons. The third-order valence-corrected chi connectivity index (χ3v) is 3.00. The molecule has 0 bridgehead atoms. The van der Waals surface area contributed by atoms with E-state index >= 15 is 0 Å². The number of pyridine rings is 1. The average molecular weight is 265 g/mol. The summed E-state index contributed by atoms with van der Waals surface area (Å²) in [6, 6.07) is 4.39. The molecule has 0 aliphatic carbocycles. The van der Waals surface area contributed by atoms with Crippen LogP contribution in [0.5, 0.6) is 0 Å². The SMILES string of the molecule is Fc1ccc(Cl)c2cc(CCl)c(Cl)nc12. The van der Waals surface area contributed by atoms with E-state index < -0.39 is 5.82 Å². The second kappa shape index (κ2) is 4.12. The van der Waals surface area contributed by atoms with Crippen LogP contribution in [-0.2, 0) is 5.88 Å². The maximum absolute atomic E-state index is 13.4. The molecule has 0 spiro atoms. The molecule has 0 saturated heterocycles. The molecule has 1 aromatic heterocycles. The molecule has 1 heterocycles. The van der Waals surface area contributed by atoms with Gasteiger partial charge in [0.05, 0.1) is 10.9 Å². The lowest BCUT2D eigenvalue weighted by atomic mass is 10.1. The van der Waals surface area contributed by atoms with E-state index in [0.717, 1.165) is 0 Å². The standard InChI is InChI=1S/C10H5Cl3FN/c11-4-5-3-6-7(12)1-2-8(14)9(6)15-10(5)13/h1-3H,4H2. The zero-order valence-electron chi connectivity index (χ0n) is 7.40. The van der Waals surface area contributed by atoms with Gasteiger partial charge in [-0.25, -0.2) is 9.37 Å². The quantitative estimate of drug-likeness (QED) is 0.549. The van der Waals surface area contributed by atoms with Gasteiger partial charge in [-0.05, 0) is 18.2 Å². The largest absolute Gasteiger partial charge is 0.233 e. The molecule has 1 aromatic carbocycles. The number of hydrogen-bond donors (Lipinski definition) is 0. The van der Waals surface area contributed by atoms with Gasteiger partial charge >= 0.3 is 0 Å². The van der Waals surface area contributed by atoms with Crippen molar-refractivity contribution >= 4 is 45.7 Å². The van der Waals surface area contributed by atoms with Crippen molar-refractivity contribution in [3.63, 3.8) is 0 Å². The Labute approximate surface area is 101 Å². The summed E-state index contributed by atoms with van der Waals surface area (Å²) in [5.41, 5.74) is 0.805. The molecule has 0 radical (unpaired) electrons. The maximum atomic E-state index is 13.4.